The average Bonchev–Trinajstić information content (AvgIpc) is 3.25. The summed E-state index contributed by atoms with van der Waals surface area (Å²) in [5.74, 6) is 0.617. The van der Waals surface area contributed by atoms with Gasteiger partial charge in [-0.3, -0.25) is 9.59 Å². The Bertz CT molecular complexity index is 929. The maximum atomic E-state index is 12.6. The molecule has 1 aliphatic carbocycles. The molecule has 0 amide bonds. The van der Waals surface area contributed by atoms with Crippen molar-refractivity contribution in [3.8, 4) is 23.0 Å². The van der Waals surface area contributed by atoms with Gasteiger partial charge in [-0.1, -0.05) is 0 Å². The van der Waals surface area contributed by atoms with E-state index in [1.807, 2.05) is 19.0 Å². The van der Waals surface area contributed by atoms with E-state index < -0.39 is 0 Å². The van der Waals surface area contributed by atoms with Crippen molar-refractivity contribution in [1.29, 1.82) is 0 Å². The third-order valence-electron chi connectivity index (χ3n) is 4.08. The van der Waals surface area contributed by atoms with Crippen LogP contribution in [-0.2, 0) is 0 Å². The van der Waals surface area contributed by atoms with E-state index in [0.717, 1.165) is 6.54 Å². The monoisotopic (exact) mass is 355 g/mol. The SMILES string of the molecule is CN(C)CCNC1=CC(=O)c2oc(-c3ccc4c(c3)OCO4)nc2C1=O. The number of oxazole rings is 1. The highest BCUT2D eigenvalue weighted by Gasteiger charge is 2.32. The van der Waals surface area contributed by atoms with E-state index in [2.05, 4.69) is 10.3 Å². The zero-order valence-electron chi connectivity index (χ0n) is 14.4. The van der Waals surface area contributed by atoms with Crippen molar-refractivity contribution < 1.29 is 23.5 Å². The largest absolute Gasteiger partial charge is 0.454 e. The molecular weight excluding hydrogens is 338 g/mol. The van der Waals surface area contributed by atoms with Crippen LogP contribution in [0.3, 0.4) is 0 Å². The number of ketones is 2. The zero-order valence-corrected chi connectivity index (χ0v) is 14.4. The normalized spacial score (nSPS) is 15.3. The number of ether oxygens (including phenoxy) is 2. The highest BCUT2D eigenvalue weighted by atomic mass is 16.7. The van der Waals surface area contributed by atoms with Crippen LogP contribution in [0, 0.1) is 0 Å². The average molecular weight is 355 g/mol. The fraction of sp³-hybridized carbons (Fsp3) is 0.278. The van der Waals surface area contributed by atoms with Crippen LogP contribution in [0.15, 0.2) is 34.4 Å². The first kappa shape index (κ1) is 16.3. The molecule has 134 valence electrons. The molecule has 2 aliphatic rings. The van der Waals surface area contributed by atoms with Crippen molar-refractivity contribution in [3.05, 3.63) is 41.4 Å². The van der Waals surface area contributed by atoms with Gasteiger partial charge >= 0.3 is 0 Å². The summed E-state index contributed by atoms with van der Waals surface area (Å²) >= 11 is 0. The minimum Gasteiger partial charge on any atom is -0.454 e. The number of nitrogens with one attached hydrogen (secondary N) is 1. The summed E-state index contributed by atoms with van der Waals surface area (Å²) in [6.07, 6.45) is 1.26. The molecule has 0 fully saturated rings. The van der Waals surface area contributed by atoms with Crippen molar-refractivity contribution >= 4 is 11.6 Å². The van der Waals surface area contributed by atoms with Crippen LogP contribution in [0.4, 0.5) is 0 Å². The Morgan fingerprint density at radius 2 is 2.00 bits per heavy atom. The third-order valence-corrected chi connectivity index (χ3v) is 4.08. The second-order valence-electron chi connectivity index (χ2n) is 6.25. The molecule has 0 saturated heterocycles. The third kappa shape index (κ3) is 2.84. The number of carbonyl (C=O) groups excluding carboxylic acids is 2. The van der Waals surface area contributed by atoms with Crippen LogP contribution >= 0.6 is 0 Å². The molecule has 0 saturated carbocycles. The van der Waals surface area contributed by atoms with Crippen molar-refractivity contribution in [3.63, 3.8) is 0 Å². The van der Waals surface area contributed by atoms with Crippen molar-refractivity contribution in [2.24, 2.45) is 0 Å². The van der Waals surface area contributed by atoms with E-state index in [0.29, 0.717) is 23.6 Å². The van der Waals surface area contributed by atoms with Gasteiger partial charge in [-0.2, -0.15) is 0 Å². The molecule has 1 aromatic carbocycles. The molecule has 26 heavy (non-hydrogen) atoms. The Morgan fingerprint density at radius 1 is 1.19 bits per heavy atom. The quantitative estimate of drug-likeness (QED) is 0.862. The summed E-state index contributed by atoms with van der Waals surface area (Å²) in [4.78, 5) is 31.1. The molecule has 8 heteroatoms. The lowest BCUT2D eigenvalue weighted by Crippen LogP contribution is -2.31. The maximum absolute atomic E-state index is 12.6. The number of nitrogens with zero attached hydrogens (tertiary/aromatic N) is 2. The minimum absolute atomic E-state index is 0.0255. The fourth-order valence-electron chi connectivity index (χ4n) is 2.73. The van der Waals surface area contributed by atoms with E-state index in [-0.39, 0.29) is 41.4 Å². The van der Waals surface area contributed by atoms with Gasteiger partial charge in [0.05, 0.1) is 5.70 Å². The van der Waals surface area contributed by atoms with Gasteiger partial charge < -0.3 is 24.1 Å². The molecule has 0 spiro atoms. The van der Waals surface area contributed by atoms with Crippen LogP contribution in [-0.4, -0.2) is 55.4 Å². The van der Waals surface area contributed by atoms with E-state index in [9.17, 15) is 9.59 Å². The molecule has 8 nitrogen and oxygen atoms in total. The number of hydrogen-bond acceptors (Lipinski definition) is 8. The first-order valence-electron chi connectivity index (χ1n) is 8.13. The fourth-order valence-corrected chi connectivity index (χ4v) is 2.73. The van der Waals surface area contributed by atoms with Crippen LogP contribution < -0.4 is 14.8 Å². The summed E-state index contributed by atoms with van der Waals surface area (Å²) in [6.45, 7) is 1.43. The molecule has 1 N–H and O–H groups in total. The predicted molar refractivity (Wildman–Crippen MR) is 91.4 cm³/mol. The van der Waals surface area contributed by atoms with Gasteiger partial charge in [0, 0.05) is 24.7 Å². The first-order valence-corrected chi connectivity index (χ1v) is 8.13. The lowest BCUT2D eigenvalue weighted by molar-refractivity contribution is 0.0960. The molecule has 0 unspecified atom stereocenters. The summed E-state index contributed by atoms with van der Waals surface area (Å²) < 4.78 is 16.2. The van der Waals surface area contributed by atoms with Crippen LogP contribution in [0.1, 0.15) is 21.0 Å². The summed E-state index contributed by atoms with van der Waals surface area (Å²) in [6, 6.07) is 5.18. The van der Waals surface area contributed by atoms with E-state index in [1.54, 1.807) is 18.2 Å². The number of aromatic nitrogens is 1. The number of fused-ring (bicyclic) bond motifs is 2. The van der Waals surface area contributed by atoms with E-state index >= 15 is 0 Å². The van der Waals surface area contributed by atoms with Gasteiger partial charge in [-0.05, 0) is 32.3 Å². The number of Topliss-reactive ketones (excluding diaryl/α,β-unsaturated/α-hetero) is 1. The first-order chi connectivity index (χ1) is 12.5. The lowest BCUT2D eigenvalue weighted by Gasteiger charge is -2.14. The van der Waals surface area contributed by atoms with Crippen molar-refractivity contribution in [1.82, 2.24) is 15.2 Å². The number of benzene rings is 1. The number of rotatable bonds is 5. The van der Waals surface area contributed by atoms with Crippen LogP contribution in [0.25, 0.3) is 11.5 Å². The molecule has 4 rings (SSSR count). The van der Waals surface area contributed by atoms with E-state index in [1.165, 1.54) is 6.08 Å². The molecule has 0 radical (unpaired) electrons. The van der Waals surface area contributed by atoms with Crippen molar-refractivity contribution in [2.45, 2.75) is 0 Å². The lowest BCUT2D eigenvalue weighted by atomic mass is 10.0. The standard InChI is InChI=1S/C18H17N3O5/c1-21(2)6-5-19-11-8-12(22)17-15(16(11)23)20-18(26-17)10-3-4-13-14(7-10)25-9-24-13/h3-4,7-8,19H,5-6,9H2,1-2H3. The Hall–Kier alpha value is -3.13. The van der Waals surface area contributed by atoms with E-state index in [4.69, 9.17) is 13.9 Å². The molecule has 2 aromatic rings. The van der Waals surface area contributed by atoms with Gasteiger partial charge in [0.25, 0.3) is 0 Å². The summed E-state index contributed by atoms with van der Waals surface area (Å²) in [5.41, 5.74) is 0.860. The Morgan fingerprint density at radius 3 is 2.81 bits per heavy atom. The van der Waals surface area contributed by atoms with Gasteiger partial charge in [-0.25, -0.2) is 4.98 Å². The Labute approximate surface area is 149 Å². The molecule has 0 atom stereocenters. The molecular formula is C18H17N3O5. The molecule has 2 heterocycles. The molecule has 1 aromatic heterocycles. The number of carbonyl (C=O) groups is 2. The van der Waals surface area contributed by atoms with Gasteiger partial charge in [0.15, 0.2) is 17.2 Å². The van der Waals surface area contributed by atoms with Gasteiger partial charge in [-0.15, -0.1) is 0 Å². The van der Waals surface area contributed by atoms with Gasteiger partial charge in [0.1, 0.15) is 0 Å². The topological polar surface area (TPSA) is 93.9 Å². The van der Waals surface area contributed by atoms with Gasteiger partial charge in [0.2, 0.25) is 30.0 Å². The number of likely N-dealkylation sites (N-methyl/N-ethyl adjacent to an activating group) is 1. The highest BCUT2D eigenvalue weighted by molar-refractivity contribution is 6.22. The van der Waals surface area contributed by atoms with Crippen LogP contribution in [0.2, 0.25) is 0 Å². The smallest absolute Gasteiger partial charge is 0.231 e. The maximum Gasteiger partial charge on any atom is 0.231 e. The Kier molecular flexibility index (Phi) is 3.96. The Balaban J connectivity index is 1.60. The number of hydrogen-bond donors (Lipinski definition) is 1. The minimum atomic E-state index is -0.383. The number of allylic oxidation sites excluding steroid dienone is 2. The van der Waals surface area contributed by atoms with Crippen LogP contribution in [0.5, 0.6) is 11.5 Å². The van der Waals surface area contributed by atoms with Crippen molar-refractivity contribution in [2.75, 3.05) is 34.0 Å². The summed E-state index contributed by atoms with van der Waals surface area (Å²) in [7, 11) is 3.86. The highest BCUT2D eigenvalue weighted by Crippen LogP contribution is 2.36. The second kappa shape index (κ2) is 6.30. The molecule has 1 aliphatic heterocycles. The predicted octanol–water partition coefficient (Wildman–Crippen LogP) is 1.48. The zero-order chi connectivity index (χ0) is 18.3. The summed E-state index contributed by atoms with van der Waals surface area (Å²) in [5, 5.41) is 2.99. The molecule has 0 bridgehead atoms. The second-order valence-corrected chi connectivity index (χ2v) is 6.25.